The standard InChI is InChI=1S/C21H27F2N3O2.ClH/c22-14-7-8-16(17(23)11-14)20(27)26-18-6-2-1-4-13(18)10-19(26)21(28)25-9-3-5-15(24)12-25;/h7-8,11,13,15,18-19H,1-6,9-10,12,24H2;1H. The van der Waals surface area contributed by atoms with Crippen LogP contribution in [0.4, 0.5) is 8.78 Å². The van der Waals surface area contributed by atoms with Crippen molar-refractivity contribution in [3.63, 3.8) is 0 Å². The Morgan fingerprint density at radius 3 is 2.55 bits per heavy atom. The van der Waals surface area contributed by atoms with Gasteiger partial charge in [-0.3, -0.25) is 9.59 Å². The molecule has 0 spiro atoms. The number of amides is 2. The maximum Gasteiger partial charge on any atom is 0.257 e. The van der Waals surface area contributed by atoms with Crippen LogP contribution in [0, 0.1) is 17.6 Å². The van der Waals surface area contributed by atoms with Crippen LogP contribution >= 0.6 is 12.4 Å². The lowest BCUT2D eigenvalue weighted by Gasteiger charge is -2.37. The average molecular weight is 428 g/mol. The zero-order valence-corrected chi connectivity index (χ0v) is 17.2. The highest BCUT2D eigenvalue weighted by Crippen LogP contribution is 2.41. The first kappa shape index (κ1) is 22.0. The summed E-state index contributed by atoms with van der Waals surface area (Å²) in [6, 6.07) is 2.31. The number of hydrogen-bond donors (Lipinski definition) is 1. The van der Waals surface area contributed by atoms with Crippen LogP contribution in [0.15, 0.2) is 18.2 Å². The SMILES string of the molecule is Cl.NC1CCCN(C(=O)C2CC3CCCCC3N2C(=O)c2ccc(F)cc2F)C1. The lowest BCUT2D eigenvalue weighted by Crippen LogP contribution is -2.54. The van der Waals surface area contributed by atoms with Crippen molar-refractivity contribution >= 4 is 24.2 Å². The zero-order chi connectivity index (χ0) is 19.8. The normalized spacial score (nSPS) is 29.2. The molecule has 3 fully saturated rings. The molecule has 3 aliphatic rings. The first-order valence-corrected chi connectivity index (χ1v) is 10.3. The van der Waals surface area contributed by atoms with E-state index in [-0.39, 0.29) is 41.9 Å². The van der Waals surface area contributed by atoms with E-state index in [0.29, 0.717) is 19.5 Å². The minimum atomic E-state index is -0.879. The Balaban J connectivity index is 0.00000240. The first-order valence-electron chi connectivity index (χ1n) is 10.3. The van der Waals surface area contributed by atoms with Crippen LogP contribution in [0.2, 0.25) is 0 Å². The molecule has 1 aromatic carbocycles. The van der Waals surface area contributed by atoms with E-state index in [4.69, 9.17) is 5.73 Å². The van der Waals surface area contributed by atoms with Crippen molar-refractivity contribution in [3.8, 4) is 0 Å². The predicted molar refractivity (Wildman–Crippen MR) is 108 cm³/mol. The lowest BCUT2D eigenvalue weighted by molar-refractivity contribution is -0.136. The van der Waals surface area contributed by atoms with E-state index in [9.17, 15) is 18.4 Å². The van der Waals surface area contributed by atoms with Gasteiger partial charge in [-0.05, 0) is 50.2 Å². The second-order valence-corrected chi connectivity index (χ2v) is 8.39. The molecule has 2 N–H and O–H groups in total. The number of carbonyl (C=O) groups is 2. The number of hydrogen-bond acceptors (Lipinski definition) is 3. The average Bonchev–Trinajstić information content (AvgIpc) is 3.06. The molecule has 2 saturated heterocycles. The molecular formula is C21H28ClF2N3O2. The molecule has 2 amide bonds. The van der Waals surface area contributed by atoms with Gasteiger partial charge in [0.05, 0.1) is 5.56 Å². The summed E-state index contributed by atoms with van der Waals surface area (Å²) >= 11 is 0. The molecule has 0 radical (unpaired) electrons. The Morgan fingerprint density at radius 1 is 1.07 bits per heavy atom. The van der Waals surface area contributed by atoms with Gasteiger partial charge in [0.1, 0.15) is 17.7 Å². The van der Waals surface area contributed by atoms with E-state index in [0.717, 1.165) is 50.7 Å². The number of piperidine rings is 1. The monoisotopic (exact) mass is 427 g/mol. The maximum atomic E-state index is 14.3. The quantitative estimate of drug-likeness (QED) is 0.788. The molecule has 0 bridgehead atoms. The van der Waals surface area contributed by atoms with Crippen LogP contribution in [0.25, 0.3) is 0 Å². The smallest absolute Gasteiger partial charge is 0.257 e. The van der Waals surface area contributed by atoms with E-state index < -0.39 is 23.6 Å². The summed E-state index contributed by atoms with van der Waals surface area (Å²) in [7, 11) is 0. The van der Waals surface area contributed by atoms with Gasteiger partial charge in [-0.15, -0.1) is 12.4 Å². The Labute approximate surface area is 176 Å². The van der Waals surface area contributed by atoms with E-state index in [1.807, 2.05) is 0 Å². The molecule has 4 atom stereocenters. The number of nitrogens with two attached hydrogens (primary N) is 1. The van der Waals surface area contributed by atoms with Crippen LogP contribution < -0.4 is 5.73 Å². The molecule has 0 aromatic heterocycles. The van der Waals surface area contributed by atoms with Crippen LogP contribution in [0.3, 0.4) is 0 Å². The Morgan fingerprint density at radius 2 is 1.83 bits per heavy atom. The molecule has 1 saturated carbocycles. The van der Waals surface area contributed by atoms with Crippen LogP contribution in [0.5, 0.6) is 0 Å². The molecule has 4 unspecified atom stereocenters. The molecule has 2 heterocycles. The van der Waals surface area contributed by atoms with Gasteiger partial charge in [-0.25, -0.2) is 8.78 Å². The molecule has 8 heteroatoms. The highest BCUT2D eigenvalue weighted by molar-refractivity contribution is 5.98. The molecule has 4 rings (SSSR count). The predicted octanol–water partition coefficient (Wildman–Crippen LogP) is 3.11. The van der Waals surface area contributed by atoms with Gasteiger partial charge in [0.25, 0.3) is 5.91 Å². The van der Waals surface area contributed by atoms with Crippen LogP contribution in [-0.2, 0) is 4.79 Å². The number of halogens is 3. The van der Waals surface area contributed by atoms with Crippen molar-refractivity contribution in [2.45, 2.75) is 63.1 Å². The number of carbonyl (C=O) groups excluding carboxylic acids is 2. The van der Waals surface area contributed by atoms with Gasteiger partial charge in [0.15, 0.2) is 0 Å². The van der Waals surface area contributed by atoms with Crippen molar-refractivity contribution in [2.24, 2.45) is 11.7 Å². The molecule has 160 valence electrons. The second-order valence-electron chi connectivity index (χ2n) is 8.39. The fraction of sp³-hybridized carbons (Fsp3) is 0.619. The van der Waals surface area contributed by atoms with Gasteiger partial charge in [0, 0.05) is 31.2 Å². The van der Waals surface area contributed by atoms with Gasteiger partial charge >= 0.3 is 0 Å². The largest absolute Gasteiger partial charge is 0.339 e. The molecule has 2 aliphatic heterocycles. The van der Waals surface area contributed by atoms with Crippen molar-refractivity contribution in [2.75, 3.05) is 13.1 Å². The Hall–Kier alpha value is -1.73. The van der Waals surface area contributed by atoms with Gasteiger partial charge in [-0.1, -0.05) is 12.8 Å². The van der Waals surface area contributed by atoms with Crippen molar-refractivity contribution < 1.29 is 18.4 Å². The summed E-state index contributed by atoms with van der Waals surface area (Å²) in [5.41, 5.74) is 5.87. The Bertz CT molecular complexity index is 778. The third kappa shape index (κ3) is 4.26. The first-order chi connectivity index (χ1) is 13.5. The zero-order valence-electron chi connectivity index (χ0n) is 16.4. The minimum Gasteiger partial charge on any atom is -0.339 e. The fourth-order valence-corrected chi connectivity index (χ4v) is 5.20. The number of rotatable bonds is 2. The Kier molecular flexibility index (Phi) is 6.79. The maximum absolute atomic E-state index is 14.3. The van der Waals surface area contributed by atoms with Crippen molar-refractivity contribution in [1.29, 1.82) is 0 Å². The van der Waals surface area contributed by atoms with Crippen LogP contribution in [0.1, 0.15) is 55.3 Å². The number of nitrogens with zero attached hydrogens (tertiary/aromatic N) is 2. The van der Waals surface area contributed by atoms with Gasteiger partial charge in [0.2, 0.25) is 5.91 Å². The molecule has 5 nitrogen and oxygen atoms in total. The third-order valence-electron chi connectivity index (χ3n) is 6.54. The topological polar surface area (TPSA) is 66.6 Å². The minimum absolute atomic E-state index is 0. The van der Waals surface area contributed by atoms with E-state index in [2.05, 4.69) is 0 Å². The molecule has 1 aromatic rings. The highest BCUT2D eigenvalue weighted by atomic mass is 35.5. The summed E-state index contributed by atoms with van der Waals surface area (Å²) in [5, 5.41) is 0. The highest BCUT2D eigenvalue weighted by Gasteiger charge is 2.49. The van der Waals surface area contributed by atoms with Crippen molar-refractivity contribution in [1.82, 2.24) is 9.80 Å². The van der Waals surface area contributed by atoms with Crippen molar-refractivity contribution in [3.05, 3.63) is 35.4 Å². The summed E-state index contributed by atoms with van der Waals surface area (Å²) in [4.78, 5) is 29.9. The number of fused-ring (bicyclic) bond motifs is 1. The van der Waals surface area contributed by atoms with Crippen LogP contribution in [-0.4, -0.2) is 52.8 Å². The second kappa shape index (κ2) is 8.96. The van der Waals surface area contributed by atoms with E-state index >= 15 is 0 Å². The summed E-state index contributed by atoms with van der Waals surface area (Å²) < 4.78 is 27.6. The molecule has 1 aliphatic carbocycles. The third-order valence-corrected chi connectivity index (χ3v) is 6.54. The van der Waals surface area contributed by atoms with Gasteiger partial charge in [-0.2, -0.15) is 0 Å². The molecule has 29 heavy (non-hydrogen) atoms. The summed E-state index contributed by atoms with van der Waals surface area (Å²) in [6.07, 6.45) is 6.24. The summed E-state index contributed by atoms with van der Waals surface area (Å²) in [6.45, 7) is 1.14. The lowest BCUT2D eigenvalue weighted by atomic mass is 9.84. The molecular weight excluding hydrogens is 400 g/mol. The number of likely N-dealkylation sites (tertiary alicyclic amines) is 2. The summed E-state index contributed by atoms with van der Waals surface area (Å²) in [5.74, 6) is -1.93. The van der Waals surface area contributed by atoms with Gasteiger partial charge < -0.3 is 15.5 Å². The van der Waals surface area contributed by atoms with E-state index in [1.165, 1.54) is 6.07 Å². The fourth-order valence-electron chi connectivity index (χ4n) is 5.20. The van der Waals surface area contributed by atoms with E-state index in [1.54, 1.807) is 9.80 Å². The number of benzene rings is 1.